The van der Waals surface area contributed by atoms with Gasteiger partial charge in [0.05, 0.1) is 0 Å². The molecular formula is C17H28N2. The summed E-state index contributed by atoms with van der Waals surface area (Å²) in [5.41, 5.74) is 8.72. The molecule has 2 nitrogen and oxygen atoms in total. The van der Waals surface area contributed by atoms with Gasteiger partial charge in [-0.3, -0.25) is 0 Å². The molecule has 0 aromatic heterocycles. The van der Waals surface area contributed by atoms with Gasteiger partial charge in [-0.15, -0.1) is 0 Å². The number of anilines is 1. The molecule has 1 aliphatic heterocycles. The SMILES string of the molecule is CCC1CCCCCN1c1ccc([C@H](N)CC)cc1. The van der Waals surface area contributed by atoms with Gasteiger partial charge in [0.1, 0.15) is 0 Å². The van der Waals surface area contributed by atoms with Crippen LogP contribution in [-0.2, 0) is 0 Å². The van der Waals surface area contributed by atoms with Gasteiger partial charge in [-0.2, -0.15) is 0 Å². The number of benzene rings is 1. The second kappa shape index (κ2) is 6.95. The van der Waals surface area contributed by atoms with Crippen LogP contribution < -0.4 is 10.6 Å². The summed E-state index contributed by atoms with van der Waals surface area (Å²) in [5.74, 6) is 0. The Morgan fingerprint density at radius 3 is 2.53 bits per heavy atom. The summed E-state index contributed by atoms with van der Waals surface area (Å²) in [6, 6.07) is 9.84. The fourth-order valence-corrected chi connectivity index (χ4v) is 3.09. The lowest BCUT2D eigenvalue weighted by molar-refractivity contribution is 0.556. The van der Waals surface area contributed by atoms with Crippen molar-refractivity contribution in [3.63, 3.8) is 0 Å². The maximum Gasteiger partial charge on any atom is 0.0368 e. The van der Waals surface area contributed by atoms with Crippen molar-refractivity contribution in [2.24, 2.45) is 5.73 Å². The smallest absolute Gasteiger partial charge is 0.0368 e. The Labute approximate surface area is 118 Å². The summed E-state index contributed by atoms with van der Waals surface area (Å²) in [7, 11) is 0. The Kier molecular flexibility index (Phi) is 5.26. The summed E-state index contributed by atoms with van der Waals surface area (Å²) < 4.78 is 0. The molecule has 2 atom stereocenters. The maximum absolute atomic E-state index is 6.09. The van der Waals surface area contributed by atoms with Gasteiger partial charge in [-0.25, -0.2) is 0 Å². The average Bonchev–Trinajstić information content (AvgIpc) is 2.71. The largest absolute Gasteiger partial charge is 0.369 e. The number of nitrogens with two attached hydrogens (primary N) is 1. The van der Waals surface area contributed by atoms with E-state index in [1.54, 1.807) is 0 Å². The molecule has 0 radical (unpaired) electrons. The third-order valence-corrected chi connectivity index (χ3v) is 4.44. The van der Waals surface area contributed by atoms with E-state index in [9.17, 15) is 0 Å². The standard InChI is InChI=1S/C17H28N2/c1-3-15-8-6-5-7-13-19(15)16-11-9-14(10-12-16)17(18)4-2/h9-12,15,17H,3-8,13,18H2,1-2H3/t15?,17-/m1/s1. The van der Waals surface area contributed by atoms with Crippen LogP contribution in [0.1, 0.15) is 64.0 Å². The van der Waals surface area contributed by atoms with Crippen LogP contribution in [0.15, 0.2) is 24.3 Å². The number of hydrogen-bond acceptors (Lipinski definition) is 2. The van der Waals surface area contributed by atoms with Gasteiger partial charge in [0.15, 0.2) is 0 Å². The highest BCUT2D eigenvalue weighted by molar-refractivity contribution is 5.49. The van der Waals surface area contributed by atoms with Crippen LogP contribution in [-0.4, -0.2) is 12.6 Å². The molecule has 1 aromatic carbocycles. The monoisotopic (exact) mass is 260 g/mol. The van der Waals surface area contributed by atoms with Crippen LogP contribution in [0, 0.1) is 0 Å². The molecule has 106 valence electrons. The molecular weight excluding hydrogens is 232 g/mol. The first-order valence-electron chi connectivity index (χ1n) is 7.88. The minimum atomic E-state index is 0.181. The summed E-state index contributed by atoms with van der Waals surface area (Å²) in [4.78, 5) is 2.61. The first-order chi connectivity index (χ1) is 9.26. The van der Waals surface area contributed by atoms with E-state index in [0.717, 1.165) is 6.42 Å². The van der Waals surface area contributed by atoms with E-state index >= 15 is 0 Å². The molecule has 0 aliphatic carbocycles. The number of rotatable bonds is 4. The molecule has 0 spiro atoms. The molecule has 0 amide bonds. The van der Waals surface area contributed by atoms with E-state index in [-0.39, 0.29) is 6.04 Å². The first-order valence-corrected chi connectivity index (χ1v) is 7.88. The van der Waals surface area contributed by atoms with Gasteiger partial charge < -0.3 is 10.6 Å². The molecule has 1 aliphatic rings. The van der Waals surface area contributed by atoms with E-state index in [2.05, 4.69) is 43.0 Å². The Hall–Kier alpha value is -1.02. The first kappa shape index (κ1) is 14.4. The summed E-state index contributed by atoms with van der Waals surface area (Å²) in [6.07, 6.45) is 7.68. The molecule has 1 fully saturated rings. The molecule has 1 aromatic rings. The second-order valence-electron chi connectivity index (χ2n) is 5.71. The van der Waals surface area contributed by atoms with Gasteiger partial charge >= 0.3 is 0 Å². The van der Waals surface area contributed by atoms with Gasteiger partial charge in [-0.05, 0) is 43.4 Å². The lowest BCUT2D eigenvalue weighted by atomic mass is 10.0. The zero-order valence-electron chi connectivity index (χ0n) is 12.4. The van der Waals surface area contributed by atoms with Crippen LogP contribution >= 0.6 is 0 Å². The summed E-state index contributed by atoms with van der Waals surface area (Å²) in [5, 5.41) is 0. The molecule has 2 N–H and O–H groups in total. The fraction of sp³-hybridized carbons (Fsp3) is 0.647. The van der Waals surface area contributed by atoms with Gasteiger partial charge in [0, 0.05) is 24.3 Å². The lowest BCUT2D eigenvalue weighted by Gasteiger charge is -2.31. The molecule has 2 heteroatoms. The minimum Gasteiger partial charge on any atom is -0.369 e. The Morgan fingerprint density at radius 1 is 1.16 bits per heavy atom. The molecule has 2 rings (SSSR count). The number of nitrogens with zero attached hydrogens (tertiary/aromatic N) is 1. The predicted octanol–water partition coefficient (Wildman–Crippen LogP) is 4.26. The van der Waals surface area contributed by atoms with Gasteiger partial charge in [0.2, 0.25) is 0 Å². The lowest BCUT2D eigenvalue weighted by Crippen LogP contribution is -2.34. The third kappa shape index (κ3) is 3.50. The van der Waals surface area contributed by atoms with E-state index in [0.29, 0.717) is 6.04 Å². The Morgan fingerprint density at radius 2 is 1.89 bits per heavy atom. The average molecular weight is 260 g/mol. The molecule has 1 heterocycles. The number of hydrogen-bond donors (Lipinski definition) is 1. The highest BCUT2D eigenvalue weighted by Gasteiger charge is 2.19. The van der Waals surface area contributed by atoms with Crippen molar-refractivity contribution in [2.75, 3.05) is 11.4 Å². The van der Waals surface area contributed by atoms with Gasteiger partial charge in [0.25, 0.3) is 0 Å². The Bertz CT molecular complexity index is 371. The summed E-state index contributed by atoms with van der Waals surface area (Å²) in [6.45, 7) is 5.66. The quantitative estimate of drug-likeness (QED) is 0.876. The zero-order valence-corrected chi connectivity index (χ0v) is 12.4. The highest BCUT2D eigenvalue weighted by Crippen LogP contribution is 2.27. The topological polar surface area (TPSA) is 29.3 Å². The molecule has 19 heavy (non-hydrogen) atoms. The van der Waals surface area contributed by atoms with Crippen molar-refractivity contribution in [3.8, 4) is 0 Å². The zero-order chi connectivity index (χ0) is 13.7. The van der Waals surface area contributed by atoms with E-state index in [1.807, 2.05) is 0 Å². The molecule has 1 saturated heterocycles. The van der Waals surface area contributed by atoms with Crippen LogP contribution in [0.5, 0.6) is 0 Å². The van der Waals surface area contributed by atoms with E-state index in [4.69, 9.17) is 5.73 Å². The highest BCUT2D eigenvalue weighted by atomic mass is 15.2. The van der Waals surface area contributed by atoms with Crippen LogP contribution in [0.2, 0.25) is 0 Å². The van der Waals surface area contributed by atoms with Crippen molar-refractivity contribution >= 4 is 5.69 Å². The van der Waals surface area contributed by atoms with Crippen molar-refractivity contribution in [1.82, 2.24) is 0 Å². The molecule has 1 unspecified atom stereocenters. The second-order valence-corrected chi connectivity index (χ2v) is 5.71. The third-order valence-electron chi connectivity index (χ3n) is 4.44. The van der Waals surface area contributed by atoms with Crippen molar-refractivity contribution in [2.45, 2.75) is 64.5 Å². The Balaban J connectivity index is 2.14. The fourth-order valence-electron chi connectivity index (χ4n) is 3.09. The summed E-state index contributed by atoms with van der Waals surface area (Å²) >= 11 is 0. The normalized spacial score (nSPS) is 22.1. The minimum absolute atomic E-state index is 0.181. The molecule has 0 saturated carbocycles. The van der Waals surface area contributed by atoms with Crippen LogP contribution in [0.3, 0.4) is 0 Å². The van der Waals surface area contributed by atoms with Crippen molar-refractivity contribution in [1.29, 1.82) is 0 Å². The maximum atomic E-state index is 6.09. The molecule has 0 bridgehead atoms. The van der Waals surface area contributed by atoms with Crippen LogP contribution in [0.4, 0.5) is 5.69 Å². The predicted molar refractivity (Wildman–Crippen MR) is 83.6 cm³/mol. The van der Waals surface area contributed by atoms with E-state index in [1.165, 1.54) is 49.9 Å². The van der Waals surface area contributed by atoms with E-state index < -0.39 is 0 Å². The van der Waals surface area contributed by atoms with Crippen molar-refractivity contribution in [3.05, 3.63) is 29.8 Å². The van der Waals surface area contributed by atoms with Gasteiger partial charge in [-0.1, -0.05) is 38.8 Å². The van der Waals surface area contributed by atoms with Crippen molar-refractivity contribution < 1.29 is 0 Å². The van der Waals surface area contributed by atoms with Crippen LogP contribution in [0.25, 0.3) is 0 Å².